The molecule has 1 aromatic rings. The molecule has 86 valence electrons. The van der Waals surface area contributed by atoms with Crippen LogP contribution in [0.3, 0.4) is 0 Å². The Hall–Kier alpha value is -2.04. The summed E-state index contributed by atoms with van der Waals surface area (Å²) in [6.45, 7) is 3.76. The van der Waals surface area contributed by atoms with Crippen LogP contribution in [-0.2, 0) is 9.59 Å². The normalized spacial score (nSPS) is 11.8. The van der Waals surface area contributed by atoms with Crippen molar-refractivity contribution in [3.63, 3.8) is 0 Å². The van der Waals surface area contributed by atoms with Crippen LogP contribution in [0.15, 0.2) is 35.5 Å². The van der Waals surface area contributed by atoms with Gasteiger partial charge in [-0.05, 0) is 12.1 Å². The molecule has 1 rings (SSSR count). The quantitative estimate of drug-likeness (QED) is 0.709. The number of nitrogens with one attached hydrogen (secondary N) is 1. The van der Waals surface area contributed by atoms with Crippen LogP contribution < -0.4 is 5.32 Å². The number of hydrogen-bond donors (Lipinski definition) is 2. The lowest BCUT2D eigenvalue weighted by Gasteiger charge is -2.11. The van der Waals surface area contributed by atoms with Crippen molar-refractivity contribution in [2.24, 2.45) is 0 Å². The Morgan fingerprint density at radius 2 is 2.38 bits per heavy atom. The summed E-state index contributed by atoms with van der Waals surface area (Å²) < 4.78 is 5.05. The maximum absolute atomic E-state index is 11.7. The van der Waals surface area contributed by atoms with E-state index in [1.165, 1.54) is 12.3 Å². The van der Waals surface area contributed by atoms with Gasteiger partial charge in [0.05, 0.1) is 12.7 Å². The molecule has 0 saturated heterocycles. The number of rotatable bonds is 6. The van der Waals surface area contributed by atoms with E-state index in [0.29, 0.717) is 12.3 Å². The van der Waals surface area contributed by atoms with Crippen LogP contribution in [0.2, 0.25) is 0 Å². The summed E-state index contributed by atoms with van der Waals surface area (Å²) in [5.74, 6) is -1.87. The number of hydrogen-bond acceptors (Lipinski definition) is 3. The van der Waals surface area contributed by atoms with Crippen LogP contribution >= 0.6 is 0 Å². The van der Waals surface area contributed by atoms with Crippen molar-refractivity contribution in [2.75, 3.05) is 6.54 Å². The van der Waals surface area contributed by atoms with Crippen LogP contribution in [0.4, 0.5) is 0 Å². The fourth-order valence-electron chi connectivity index (χ4n) is 1.28. The van der Waals surface area contributed by atoms with Crippen LogP contribution in [-0.4, -0.2) is 23.5 Å². The lowest BCUT2D eigenvalue weighted by molar-refractivity contribution is -0.139. The highest BCUT2D eigenvalue weighted by Gasteiger charge is 2.25. The third-order valence-corrected chi connectivity index (χ3v) is 2.00. The molecule has 0 saturated carbocycles. The van der Waals surface area contributed by atoms with E-state index in [2.05, 4.69) is 11.9 Å². The van der Waals surface area contributed by atoms with E-state index in [9.17, 15) is 9.59 Å². The molecule has 0 aliphatic heterocycles. The van der Waals surface area contributed by atoms with Crippen LogP contribution in [0.25, 0.3) is 0 Å². The van der Waals surface area contributed by atoms with E-state index in [1.54, 1.807) is 12.1 Å². The zero-order chi connectivity index (χ0) is 12.0. The Kier molecular flexibility index (Phi) is 4.32. The first kappa shape index (κ1) is 12.0. The molecule has 0 bridgehead atoms. The van der Waals surface area contributed by atoms with Crippen molar-refractivity contribution in [3.05, 3.63) is 36.8 Å². The summed E-state index contributed by atoms with van der Waals surface area (Å²) in [7, 11) is 0. The predicted molar refractivity (Wildman–Crippen MR) is 56.9 cm³/mol. The molecule has 0 aliphatic carbocycles. The SMILES string of the molecule is C=CCNC(=O)C(CC(=O)O)c1ccco1. The van der Waals surface area contributed by atoms with Gasteiger partial charge in [0.15, 0.2) is 0 Å². The van der Waals surface area contributed by atoms with Gasteiger partial charge in [0.25, 0.3) is 0 Å². The highest BCUT2D eigenvalue weighted by Crippen LogP contribution is 2.20. The number of carboxylic acid groups (broad SMARTS) is 1. The highest BCUT2D eigenvalue weighted by molar-refractivity contribution is 5.87. The van der Waals surface area contributed by atoms with E-state index in [4.69, 9.17) is 9.52 Å². The average molecular weight is 223 g/mol. The minimum absolute atomic E-state index is 0.295. The molecule has 1 unspecified atom stereocenters. The molecule has 0 radical (unpaired) electrons. The molecule has 16 heavy (non-hydrogen) atoms. The smallest absolute Gasteiger partial charge is 0.304 e. The Bertz CT molecular complexity index is 369. The van der Waals surface area contributed by atoms with Crippen molar-refractivity contribution < 1.29 is 19.1 Å². The van der Waals surface area contributed by atoms with Crippen molar-refractivity contribution in [1.82, 2.24) is 5.32 Å². The van der Waals surface area contributed by atoms with Gasteiger partial charge in [-0.15, -0.1) is 6.58 Å². The number of carbonyl (C=O) groups is 2. The standard InChI is InChI=1S/C11H13NO4/c1-2-5-12-11(15)8(7-10(13)14)9-4-3-6-16-9/h2-4,6,8H,1,5,7H2,(H,12,15)(H,13,14). The lowest BCUT2D eigenvalue weighted by atomic mass is 10.0. The molecule has 0 fully saturated rings. The second-order valence-corrected chi connectivity index (χ2v) is 3.20. The lowest BCUT2D eigenvalue weighted by Crippen LogP contribution is -2.30. The second-order valence-electron chi connectivity index (χ2n) is 3.20. The van der Waals surface area contributed by atoms with E-state index < -0.39 is 11.9 Å². The molecule has 1 aromatic heterocycles. The third-order valence-electron chi connectivity index (χ3n) is 2.00. The van der Waals surface area contributed by atoms with Gasteiger partial charge in [-0.3, -0.25) is 9.59 Å². The maximum atomic E-state index is 11.7. The van der Waals surface area contributed by atoms with Gasteiger partial charge in [0.2, 0.25) is 5.91 Å². The molecular weight excluding hydrogens is 210 g/mol. The Morgan fingerprint density at radius 3 is 2.88 bits per heavy atom. The first-order valence-electron chi connectivity index (χ1n) is 4.79. The molecule has 1 atom stereocenters. The van der Waals surface area contributed by atoms with Crippen molar-refractivity contribution in [1.29, 1.82) is 0 Å². The van der Waals surface area contributed by atoms with Crippen LogP contribution in [0, 0.1) is 0 Å². The minimum Gasteiger partial charge on any atom is -0.481 e. The van der Waals surface area contributed by atoms with Gasteiger partial charge in [-0.2, -0.15) is 0 Å². The summed E-state index contributed by atoms with van der Waals surface area (Å²) in [5, 5.41) is 11.3. The van der Waals surface area contributed by atoms with Gasteiger partial charge >= 0.3 is 5.97 Å². The largest absolute Gasteiger partial charge is 0.481 e. The fraction of sp³-hybridized carbons (Fsp3) is 0.273. The first-order chi connectivity index (χ1) is 7.65. The zero-order valence-corrected chi connectivity index (χ0v) is 8.68. The van der Waals surface area contributed by atoms with Crippen molar-refractivity contribution in [2.45, 2.75) is 12.3 Å². The van der Waals surface area contributed by atoms with Gasteiger partial charge in [-0.1, -0.05) is 6.08 Å². The summed E-state index contributed by atoms with van der Waals surface area (Å²) in [4.78, 5) is 22.3. The maximum Gasteiger partial charge on any atom is 0.304 e. The molecule has 0 aliphatic rings. The second kappa shape index (κ2) is 5.75. The van der Waals surface area contributed by atoms with Gasteiger partial charge in [0, 0.05) is 6.54 Å². The monoisotopic (exact) mass is 223 g/mol. The summed E-state index contributed by atoms with van der Waals surface area (Å²) in [5.41, 5.74) is 0. The zero-order valence-electron chi connectivity index (χ0n) is 8.68. The summed E-state index contributed by atoms with van der Waals surface area (Å²) >= 11 is 0. The van der Waals surface area contributed by atoms with E-state index in [1.807, 2.05) is 0 Å². The molecule has 5 nitrogen and oxygen atoms in total. The summed E-state index contributed by atoms with van der Waals surface area (Å²) in [6.07, 6.45) is 2.64. The van der Waals surface area contributed by atoms with Gasteiger partial charge in [0.1, 0.15) is 11.7 Å². The van der Waals surface area contributed by atoms with E-state index in [0.717, 1.165) is 0 Å². The average Bonchev–Trinajstić information content (AvgIpc) is 2.75. The number of carbonyl (C=O) groups excluding carboxylic acids is 1. The van der Waals surface area contributed by atoms with E-state index in [-0.39, 0.29) is 12.3 Å². The van der Waals surface area contributed by atoms with Crippen LogP contribution in [0.1, 0.15) is 18.1 Å². The topological polar surface area (TPSA) is 79.5 Å². The molecule has 0 spiro atoms. The number of amides is 1. The van der Waals surface area contributed by atoms with Gasteiger partial charge in [-0.25, -0.2) is 0 Å². The molecule has 1 amide bonds. The molecule has 5 heteroatoms. The molecular formula is C11H13NO4. The Balaban J connectivity index is 2.75. The van der Waals surface area contributed by atoms with Crippen LogP contribution in [0.5, 0.6) is 0 Å². The van der Waals surface area contributed by atoms with Crippen molar-refractivity contribution >= 4 is 11.9 Å². The number of furan rings is 1. The predicted octanol–water partition coefficient (Wildman–Crippen LogP) is 1.14. The molecule has 0 aromatic carbocycles. The fourth-order valence-corrected chi connectivity index (χ4v) is 1.28. The Labute approximate surface area is 92.8 Å². The number of carboxylic acids is 1. The molecule has 1 heterocycles. The Morgan fingerprint density at radius 1 is 1.62 bits per heavy atom. The number of aliphatic carboxylic acids is 1. The summed E-state index contributed by atoms with van der Waals surface area (Å²) in [6, 6.07) is 3.20. The minimum atomic E-state index is -1.05. The molecule has 2 N–H and O–H groups in total. The highest BCUT2D eigenvalue weighted by atomic mass is 16.4. The third kappa shape index (κ3) is 3.27. The van der Waals surface area contributed by atoms with E-state index >= 15 is 0 Å². The van der Waals surface area contributed by atoms with Gasteiger partial charge < -0.3 is 14.8 Å². The van der Waals surface area contributed by atoms with Crippen molar-refractivity contribution in [3.8, 4) is 0 Å². The first-order valence-corrected chi connectivity index (χ1v) is 4.79.